The summed E-state index contributed by atoms with van der Waals surface area (Å²) in [6.45, 7) is 6.52. The molecule has 0 aromatic rings. The highest BCUT2D eigenvalue weighted by molar-refractivity contribution is 5.71. The van der Waals surface area contributed by atoms with Crippen LogP contribution in [0.1, 0.15) is 342 Å². The molecule has 0 N–H and O–H groups in total. The van der Waals surface area contributed by atoms with Crippen molar-refractivity contribution in [2.75, 3.05) is 13.2 Å². The molecular formula is C71H126O6. The highest BCUT2D eigenvalue weighted by Gasteiger charge is 2.19. The van der Waals surface area contributed by atoms with Crippen LogP contribution in [0.5, 0.6) is 0 Å². The maximum absolute atomic E-state index is 12.9. The summed E-state index contributed by atoms with van der Waals surface area (Å²) >= 11 is 0. The van der Waals surface area contributed by atoms with E-state index in [2.05, 4.69) is 93.7 Å². The predicted molar refractivity (Wildman–Crippen MR) is 335 cm³/mol. The average molecular weight is 1080 g/mol. The first-order chi connectivity index (χ1) is 38.0. The molecule has 0 heterocycles. The Morgan fingerprint density at radius 2 is 0.506 bits per heavy atom. The molecular weight excluding hydrogens is 949 g/mol. The Bertz CT molecular complexity index is 1420. The van der Waals surface area contributed by atoms with E-state index in [1.54, 1.807) is 0 Å². The summed E-state index contributed by atoms with van der Waals surface area (Å²) in [5.41, 5.74) is 0. The Morgan fingerprint density at radius 1 is 0.273 bits per heavy atom. The van der Waals surface area contributed by atoms with E-state index in [9.17, 15) is 14.4 Å². The van der Waals surface area contributed by atoms with Crippen molar-refractivity contribution in [3.8, 4) is 0 Å². The van der Waals surface area contributed by atoms with Crippen molar-refractivity contribution < 1.29 is 28.6 Å². The number of carbonyl (C=O) groups is 3. The molecule has 6 nitrogen and oxygen atoms in total. The molecule has 0 radical (unpaired) electrons. The van der Waals surface area contributed by atoms with Crippen LogP contribution in [-0.2, 0) is 28.6 Å². The van der Waals surface area contributed by atoms with Crippen molar-refractivity contribution in [2.45, 2.75) is 348 Å². The maximum Gasteiger partial charge on any atom is 0.306 e. The lowest BCUT2D eigenvalue weighted by atomic mass is 10.0. The van der Waals surface area contributed by atoms with Crippen molar-refractivity contribution in [1.82, 2.24) is 0 Å². The summed E-state index contributed by atoms with van der Waals surface area (Å²) in [4.78, 5) is 38.3. The first kappa shape index (κ1) is 73.8. The topological polar surface area (TPSA) is 78.9 Å². The molecule has 0 saturated carbocycles. The fourth-order valence-electron chi connectivity index (χ4n) is 9.66. The van der Waals surface area contributed by atoms with Gasteiger partial charge in [-0.1, -0.05) is 286 Å². The smallest absolute Gasteiger partial charge is 0.306 e. The molecule has 77 heavy (non-hydrogen) atoms. The molecule has 0 rings (SSSR count). The summed E-state index contributed by atoms with van der Waals surface area (Å²) < 4.78 is 16.9. The molecule has 0 bridgehead atoms. The van der Waals surface area contributed by atoms with Gasteiger partial charge in [-0.15, -0.1) is 0 Å². The Hall–Kier alpha value is -3.15. The fourth-order valence-corrected chi connectivity index (χ4v) is 9.66. The molecule has 1 unspecified atom stereocenters. The molecule has 0 fully saturated rings. The van der Waals surface area contributed by atoms with Crippen LogP contribution in [0, 0.1) is 0 Å². The molecule has 1 atom stereocenters. The zero-order chi connectivity index (χ0) is 55.7. The number of hydrogen-bond donors (Lipinski definition) is 0. The highest BCUT2D eigenvalue weighted by Crippen LogP contribution is 2.17. The van der Waals surface area contributed by atoms with E-state index in [1.165, 1.54) is 199 Å². The molecule has 0 spiro atoms. The monoisotopic (exact) mass is 1070 g/mol. The van der Waals surface area contributed by atoms with Crippen LogP contribution in [0.15, 0.2) is 72.9 Å². The third-order valence-electron chi connectivity index (χ3n) is 14.7. The number of hydrogen-bond acceptors (Lipinski definition) is 6. The van der Waals surface area contributed by atoms with Gasteiger partial charge in [0.2, 0.25) is 0 Å². The Morgan fingerprint density at radius 3 is 0.818 bits per heavy atom. The summed E-state index contributed by atoms with van der Waals surface area (Å²) in [6, 6.07) is 0. The second-order valence-electron chi connectivity index (χ2n) is 22.3. The van der Waals surface area contributed by atoms with Gasteiger partial charge in [0.05, 0.1) is 0 Å². The number of allylic oxidation sites excluding steroid dienone is 12. The molecule has 0 aromatic heterocycles. The van der Waals surface area contributed by atoms with Crippen molar-refractivity contribution >= 4 is 17.9 Å². The summed E-state index contributed by atoms with van der Waals surface area (Å²) in [7, 11) is 0. The van der Waals surface area contributed by atoms with Crippen LogP contribution in [-0.4, -0.2) is 37.2 Å². The van der Waals surface area contributed by atoms with Crippen LogP contribution in [0.2, 0.25) is 0 Å². The van der Waals surface area contributed by atoms with Gasteiger partial charge in [0, 0.05) is 19.3 Å². The third kappa shape index (κ3) is 63.6. The number of esters is 3. The molecule has 0 aromatic carbocycles. The Balaban J connectivity index is 4.22. The number of carbonyl (C=O) groups excluding carboxylic acids is 3. The van der Waals surface area contributed by atoms with Crippen LogP contribution in [0.3, 0.4) is 0 Å². The van der Waals surface area contributed by atoms with Gasteiger partial charge < -0.3 is 14.2 Å². The van der Waals surface area contributed by atoms with Gasteiger partial charge in [-0.2, -0.15) is 0 Å². The fraction of sp³-hybridized carbons (Fsp3) is 0.789. The van der Waals surface area contributed by atoms with Crippen LogP contribution >= 0.6 is 0 Å². The van der Waals surface area contributed by atoms with Crippen LogP contribution in [0.25, 0.3) is 0 Å². The normalized spacial score (nSPS) is 12.5. The van der Waals surface area contributed by atoms with Gasteiger partial charge in [-0.25, -0.2) is 0 Å². The summed E-state index contributed by atoms with van der Waals surface area (Å²) in [5, 5.41) is 0. The van der Waals surface area contributed by atoms with E-state index < -0.39 is 6.10 Å². The van der Waals surface area contributed by atoms with Crippen molar-refractivity contribution in [2.24, 2.45) is 0 Å². The highest BCUT2D eigenvalue weighted by atomic mass is 16.6. The first-order valence-electron chi connectivity index (χ1n) is 33.4. The lowest BCUT2D eigenvalue weighted by Crippen LogP contribution is -2.30. The van der Waals surface area contributed by atoms with E-state index in [1.807, 2.05) is 0 Å². The van der Waals surface area contributed by atoms with Gasteiger partial charge in [-0.05, 0) is 109 Å². The summed E-state index contributed by atoms with van der Waals surface area (Å²) in [6.07, 6.45) is 85.0. The van der Waals surface area contributed by atoms with E-state index in [0.717, 1.165) is 103 Å². The lowest BCUT2D eigenvalue weighted by Gasteiger charge is -2.18. The van der Waals surface area contributed by atoms with Crippen molar-refractivity contribution in [1.29, 1.82) is 0 Å². The van der Waals surface area contributed by atoms with E-state index in [-0.39, 0.29) is 31.1 Å². The van der Waals surface area contributed by atoms with Gasteiger partial charge in [0.1, 0.15) is 13.2 Å². The Kier molecular flexibility index (Phi) is 62.7. The molecule has 0 aliphatic heterocycles. The molecule has 0 aliphatic carbocycles. The zero-order valence-electron chi connectivity index (χ0n) is 51.2. The maximum atomic E-state index is 12.9. The summed E-state index contributed by atoms with van der Waals surface area (Å²) in [5.74, 6) is -0.904. The first-order valence-corrected chi connectivity index (χ1v) is 33.4. The van der Waals surface area contributed by atoms with Gasteiger partial charge in [0.15, 0.2) is 6.10 Å². The minimum atomic E-state index is -0.792. The SMILES string of the molecule is CC/C=C\C/C=C\C/C=C\C/C=C\CCCCCCC(=O)OC(COC(=O)CCCCCCC/C=C\CCCCCC)COC(=O)CCCCCCCCCCCCCCCCCCC/C=C\CCCCCCCCCC. The van der Waals surface area contributed by atoms with Gasteiger partial charge in [0.25, 0.3) is 0 Å². The van der Waals surface area contributed by atoms with Crippen LogP contribution < -0.4 is 0 Å². The number of rotatable bonds is 61. The van der Waals surface area contributed by atoms with Gasteiger partial charge >= 0.3 is 17.9 Å². The molecule has 0 saturated heterocycles. The molecule has 0 amide bonds. The molecule has 446 valence electrons. The standard InChI is InChI=1S/C71H126O6/c1-4-7-10-13-16-19-22-25-27-29-30-31-32-33-34-35-36-37-38-39-40-42-43-46-49-52-55-58-61-64-70(73)76-67-68(66-75-69(72)63-60-57-54-51-48-45-24-21-18-15-12-9-6-3)77-71(74)65-62-59-56-53-50-47-44-41-28-26-23-20-17-14-11-8-5-2/h8,11,17,20-21,24,26,28-30,44,47,68H,4-7,9-10,12-16,18-19,22-23,25,27,31-43,45-46,48-67H2,1-3H3/b11-8-,20-17-,24-21-,28-26-,30-29-,47-44-. The van der Waals surface area contributed by atoms with E-state index in [0.29, 0.717) is 19.3 Å². The van der Waals surface area contributed by atoms with Crippen molar-refractivity contribution in [3.05, 3.63) is 72.9 Å². The van der Waals surface area contributed by atoms with E-state index >= 15 is 0 Å². The molecule has 0 aliphatic rings. The number of ether oxygens (including phenoxy) is 3. The van der Waals surface area contributed by atoms with Crippen molar-refractivity contribution in [3.63, 3.8) is 0 Å². The number of unbranched alkanes of at least 4 members (excludes halogenated alkanes) is 38. The predicted octanol–water partition coefficient (Wildman–Crippen LogP) is 22.9. The molecule has 6 heteroatoms. The quantitative estimate of drug-likeness (QED) is 0.0261. The largest absolute Gasteiger partial charge is 0.462 e. The second-order valence-corrected chi connectivity index (χ2v) is 22.3. The zero-order valence-corrected chi connectivity index (χ0v) is 51.2. The van der Waals surface area contributed by atoms with Gasteiger partial charge in [-0.3, -0.25) is 14.4 Å². The third-order valence-corrected chi connectivity index (χ3v) is 14.7. The van der Waals surface area contributed by atoms with E-state index in [4.69, 9.17) is 14.2 Å². The second kappa shape index (κ2) is 65.4. The van der Waals surface area contributed by atoms with Crippen LogP contribution in [0.4, 0.5) is 0 Å². The minimum absolute atomic E-state index is 0.0857. The lowest BCUT2D eigenvalue weighted by molar-refractivity contribution is -0.167. The average Bonchev–Trinajstić information content (AvgIpc) is 3.43. The minimum Gasteiger partial charge on any atom is -0.462 e. The Labute approximate surface area is 478 Å².